The lowest BCUT2D eigenvalue weighted by atomic mass is 10.1. The molecule has 1 N–H and O–H groups in total. The molecule has 0 aliphatic carbocycles. The molecule has 0 unspecified atom stereocenters. The first-order valence-corrected chi connectivity index (χ1v) is 7.93. The van der Waals surface area contributed by atoms with Gasteiger partial charge in [-0.15, -0.1) is 0 Å². The standard InChI is InChI=1S/C16H24N4O4/c1-16(2,3)24-15(22)20-7-5-11(6-8-20)19-13-9-12(14(21)23-4)17-10-18-13/h9-11H,5-8H2,1-4H3,(H,17,18,19). The van der Waals surface area contributed by atoms with Gasteiger partial charge in [-0.25, -0.2) is 19.6 Å². The Bertz CT molecular complexity index is 592. The lowest BCUT2D eigenvalue weighted by molar-refractivity contribution is 0.0210. The number of hydrogen-bond donors (Lipinski definition) is 1. The van der Waals surface area contributed by atoms with E-state index in [1.807, 2.05) is 20.8 Å². The van der Waals surface area contributed by atoms with Gasteiger partial charge in [0.15, 0.2) is 5.69 Å². The lowest BCUT2D eigenvalue weighted by Crippen LogP contribution is -2.44. The Hall–Kier alpha value is -2.38. The van der Waals surface area contributed by atoms with E-state index in [-0.39, 0.29) is 17.8 Å². The van der Waals surface area contributed by atoms with E-state index in [1.165, 1.54) is 13.4 Å². The third kappa shape index (κ3) is 5.07. The van der Waals surface area contributed by atoms with Gasteiger partial charge in [0.1, 0.15) is 17.7 Å². The summed E-state index contributed by atoms with van der Waals surface area (Å²) in [5, 5.41) is 3.27. The summed E-state index contributed by atoms with van der Waals surface area (Å²) in [6, 6.07) is 1.73. The number of aromatic nitrogens is 2. The Labute approximate surface area is 141 Å². The highest BCUT2D eigenvalue weighted by molar-refractivity contribution is 5.87. The summed E-state index contributed by atoms with van der Waals surface area (Å²) >= 11 is 0. The van der Waals surface area contributed by atoms with Crippen LogP contribution in [0.4, 0.5) is 10.6 Å². The summed E-state index contributed by atoms with van der Waals surface area (Å²) in [4.78, 5) is 33.2. The predicted octanol–water partition coefficient (Wildman–Crippen LogP) is 2.07. The van der Waals surface area contributed by atoms with E-state index < -0.39 is 11.6 Å². The summed E-state index contributed by atoms with van der Waals surface area (Å²) in [7, 11) is 1.31. The van der Waals surface area contributed by atoms with Crippen LogP contribution >= 0.6 is 0 Å². The number of nitrogens with one attached hydrogen (secondary N) is 1. The smallest absolute Gasteiger partial charge is 0.410 e. The van der Waals surface area contributed by atoms with Crippen LogP contribution in [0.25, 0.3) is 0 Å². The maximum Gasteiger partial charge on any atom is 0.410 e. The van der Waals surface area contributed by atoms with Crippen molar-refractivity contribution >= 4 is 17.9 Å². The monoisotopic (exact) mass is 336 g/mol. The minimum absolute atomic E-state index is 0.170. The second kappa shape index (κ2) is 7.46. The van der Waals surface area contributed by atoms with Gasteiger partial charge in [0.2, 0.25) is 0 Å². The van der Waals surface area contributed by atoms with Crippen LogP contribution < -0.4 is 5.32 Å². The van der Waals surface area contributed by atoms with E-state index in [4.69, 9.17) is 4.74 Å². The number of nitrogens with zero attached hydrogens (tertiary/aromatic N) is 3. The van der Waals surface area contributed by atoms with Crippen molar-refractivity contribution in [3.8, 4) is 0 Å². The number of carbonyl (C=O) groups excluding carboxylic acids is 2. The minimum Gasteiger partial charge on any atom is -0.464 e. The fourth-order valence-corrected chi connectivity index (χ4v) is 2.39. The first-order chi connectivity index (χ1) is 11.3. The Balaban J connectivity index is 1.87. The number of methoxy groups -OCH3 is 1. The second-order valence-electron chi connectivity index (χ2n) is 6.67. The number of amides is 1. The highest BCUT2D eigenvalue weighted by Crippen LogP contribution is 2.18. The van der Waals surface area contributed by atoms with Crippen LogP contribution in [0.1, 0.15) is 44.1 Å². The van der Waals surface area contributed by atoms with Gasteiger partial charge in [-0.05, 0) is 33.6 Å². The van der Waals surface area contributed by atoms with Crippen molar-refractivity contribution in [1.29, 1.82) is 0 Å². The summed E-state index contributed by atoms with van der Waals surface area (Å²) < 4.78 is 10.0. The van der Waals surface area contributed by atoms with E-state index in [2.05, 4.69) is 20.0 Å². The second-order valence-corrected chi connectivity index (χ2v) is 6.67. The van der Waals surface area contributed by atoms with Crippen molar-refractivity contribution in [1.82, 2.24) is 14.9 Å². The van der Waals surface area contributed by atoms with Crippen LogP contribution in [0.5, 0.6) is 0 Å². The zero-order valence-corrected chi connectivity index (χ0v) is 14.5. The molecule has 2 rings (SSSR count). The fourth-order valence-electron chi connectivity index (χ4n) is 2.39. The highest BCUT2D eigenvalue weighted by Gasteiger charge is 2.27. The van der Waals surface area contributed by atoms with Gasteiger partial charge in [0.05, 0.1) is 7.11 Å². The van der Waals surface area contributed by atoms with Gasteiger partial charge >= 0.3 is 12.1 Å². The zero-order valence-electron chi connectivity index (χ0n) is 14.5. The van der Waals surface area contributed by atoms with E-state index in [9.17, 15) is 9.59 Å². The number of carbonyl (C=O) groups is 2. The number of esters is 1. The van der Waals surface area contributed by atoms with Gasteiger partial charge in [0.25, 0.3) is 0 Å². The lowest BCUT2D eigenvalue weighted by Gasteiger charge is -2.33. The molecule has 1 fully saturated rings. The molecule has 1 aliphatic heterocycles. The summed E-state index contributed by atoms with van der Waals surface area (Å²) in [5.74, 6) is 0.0707. The van der Waals surface area contributed by atoms with Gasteiger partial charge in [-0.2, -0.15) is 0 Å². The summed E-state index contributed by atoms with van der Waals surface area (Å²) in [6.07, 6.45) is 2.59. The third-order valence-corrected chi connectivity index (χ3v) is 3.56. The molecule has 1 aromatic rings. The maximum absolute atomic E-state index is 12.0. The molecule has 0 saturated carbocycles. The largest absolute Gasteiger partial charge is 0.464 e. The summed E-state index contributed by atoms with van der Waals surface area (Å²) in [5.41, 5.74) is -0.279. The molecule has 8 heteroatoms. The fraction of sp³-hybridized carbons (Fsp3) is 0.625. The van der Waals surface area contributed by atoms with E-state index in [0.717, 1.165) is 12.8 Å². The molecule has 0 spiro atoms. The van der Waals surface area contributed by atoms with Gasteiger partial charge in [0, 0.05) is 25.2 Å². The minimum atomic E-state index is -0.500. The highest BCUT2D eigenvalue weighted by atomic mass is 16.6. The number of likely N-dealkylation sites (tertiary alicyclic amines) is 1. The number of ether oxygens (including phenoxy) is 2. The molecule has 1 aromatic heterocycles. The molecule has 1 saturated heterocycles. The van der Waals surface area contributed by atoms with Gasteiger partial charge in [-0.3, -0.25) is 0 Å². The van der Waals surface area contributed by atoms with E-state index in [0.29, 0.717) is 18.9 Å². The van der Waals surface area contributed by atoms with Crippen molar-refractivity contribution in [3.63, 3.8) is 0 Å². The molecular weight excluding hydrogens is 312 g/mol. The van der Waals surface area contributed by atoms with Gasteiger partial charge < -0.3 is 19.7 Å². The number of rotatable bonds is 3. The Morgan fingerprint density at radius 2 is 1.92 bits per heavy atom. The molecule has 24 heavy (non-hydrogen) atoms. The van der Waals surface area contributed by atoms with E-state index in [1.54, 1.807) is 11.0 Å². The molecular formula is C16H24N4O4. The number of hydrogen-bond acceptors (Lipinski definition) is 7. The number of anilines is 1. The molecule has 1 aliphatic rings. The van der Waals surface area contributed by atoms with Crippen LogP contribution in [0.3, 0.4) is 0 Å². The number of piperidine rings is 1. The van der Waals surface area contributed by atoms with Crippen molar-refractivity contribution in [2.75, 3.05) is 25.5 Å². The first-order valence-electron chi connectivity index (χ1n) is 7.93. The van der Waals surface area contributed by atoms with Gasteiger partial charge in [-0.1, -0.05) is 0 Å². The quantitative estimate of drug-likeness (QED) is 0.844. The van der Waals surface area contributed by atoms with Crippen LogP contribution in [0.2, 0.25) is 0 Å². The molecule has 8 nitrogen and oxygen atoms in total. The average Bonchev–Trinajstić information content (AvgIpc) is 2.53. The molecule has 0 radical (unpaired) electrons. The Morgan fingerprint density at radius 1 is 1.25 bits per heavy atom. The van der Waals surface area contributed by atoms with Crippen molar-refractivity contribution in [3.05, 3.63) is 18.1 Å². The van der Waals surface area contributed by atoms with Crippen LogP contribution in [-0.2, 0) is 9.47 Å². The maximum atomic E-state index is 12.0. The Kier molecular flexibility index (Phi) is 5.58. The average molecular weight is 336 g/mol. The van der Waals surface area contributed by atoms with Crippen molar-refractivity contribution in [2.45, 2.75) is 45.3 Å². The molecule has 132 valence electrons. The normalized spacial score (nSPS) is 15.8. The first kappa shape index (κ1) is 18.0. The van der Waals surface area contributed by atoms with Crippen molar-refractivity contribution < 1.29 is 19.1 Å². The molecule has 1 amide bonds. The van der Waals surface area contributed by atoms with Crippen LogP contribution in [0.15, 0.2) is 12.4 Å². The molecule has 0 atom stereocenters. The molecule has 0 bridgehead atoms. The van der Waals surface area contributed by atoms with Crippen molar-refractivity contribution in [2.24, 2.45) is 0 Å². The topological polar surface area (TPSA) is 93.7 Å². The predicted molar refractivity (Wildman–Crippen MR) is 87.8 cm³/mol. The zero-order chi connectivity index (χ0) is 17.7. The Morgan fingerprint density at radius 3 is 2.50 bits per heavy atom. The SMILES string of the molecule is COC(=O)c1cc(NC2CCN(C(=O)OC(C)(C)C)CC2)ncn1. The van der Waals surface area contributed by atoms with Crippen LogP contribution in [0, 0.1) is 0 Å². The van der Waals surface area contributed by atoms with E-state index >= 15 is 0 Å². The molecule has 0 aromatic carbocycles. The summed E-state index contributed by atoms with van der Waals surface area (Å²) in [6.45, 7) is 6.79. The van der Waals surface area contributed by atoms with Crippen LogP contribution in [-0.4, -0.2) is 58.8 Å². The molecule has 2 heterocycles. The third-order valence-electron chi connectivity index (χ3n) is 3.56.